The Balaban J connectivity index is 3.14. The van der Waals surface area contributed by atoms with Gasteiger partial charge in [0.25, 0.3) is 0 Å². The van der Waals surface area contributed by atoms with E-state index in [0.717, 1.165) is 19.4 Å². The third kappa shape index (κ3) is 37.4. The number of carbonyl (C=O) groups is 1. The summed E-state index contributed by atoms with van der Waals surface area (Å²) in [6.07, 6.45) is 34.8. The minimum absolute atomic E-state index is 0.0973. The van der Waals surface area contributed by atoms with Crippen molar-refractivity contribution in [2.45, 2.75) is 187 Å². The molecule has 0 saturated heterocycles. The average Bonchev–Trinajstić information content (AvgIpc) is 3.00. The number of hydrogen-bond donors (Lipinski definition) is 0. The number of ether oxygens (including phenoxy) is 4. The zero-order chi connectivity index (χ0) is 30.4. The second kappa shape index (κ2) is 38.4. The van der Waals surface area contributed by atoms with Crippen molar-refractivity contribution in [3.8, 4) is 0 Å². The highest BCUT2D eigenvalue weighted by molar-refractivity contribution is 5.69. The van der Waals surface area contributed by atoms with Gasteiger partial charge in [-0.15, -0.1) is 0 Å². The Morgan fingerprint density at radius 2 is 0.619 bits per heavy atom. The standard InChI is InChI=1S/C37H74O5/c1-3-5-7-9-11-13-14-15-16-17-18-19-21-23-25-27-32-42-37(38)29-28-31-40-34-36-41-35-33-39-30-26-24-22-20-12-10-8-6-4-2/h3-36H2,1-2H3. The smallest absolute Gasteiger partial charge is 0.305 e. The van der Waals surface area contributed by atoms with E-state index in [-0.39, 0.29) is 5.97 Å². The summed E-state index contributed by atoms with van der Waals surface area (Å²) in [5.74, 6) is -0.0973. The fraction of sp³-hybridized carbons (Fsp3) is 0.973. The van der Waals surface area contributed by atoms with Gasteiger partial charge in [0.05, 0.1) is 33.0 Å². The van der Waals surface area contributed by atoms with Crippen LogP contribution in [-0.4, -0.2) is 52.2 Å². The fourth-order valence-electron chi connectivity index (χ4n) is 5.28. The van der Waals surface area contributed by atoms with E-state index < -0.39 is 0 Å². The minimum atomic E-state index is -0.0973. The molecule has 0 atom stereocenters. The third-order valence-corrected chi connectivity index (χ3v) is 8.07. The minimum Gasteiger partial charge on any atom is -0.466 e. The molecule has 42 heavy (non-hydrogen) atoms. The van der Waals surface area contributed by atoms with Gasteiger partial charge in [-0.1, -0.05) is 162 Å². The summed E-state index contributed by atoms with van der Waals surface area (Å²) in [4.78, 5) is 11.9. The van der Waals surface area contributed by atoms with Crippen molar-refractivity contribution in [2.75, 3.05) is 46.2 Å². The van der Waals surface area contributed by atoms with Gasteiger partial charge in [0.2, 0.25) is 0 Å². The maximum Gasteiger partial charge on any atom is 0.305 e. The second-order valence-electron chi connectivity index (χ2n) is 12.3. The van der Waals surface area contributed by atoms with E-state index in [2.05, 4.69) is 13.8 Å². The monoisotopic (exact) mass is 599 g/mol. The molecule has 0 aromatic rings. The summed E-state index contributed by atoms with van der Waals surface area (Å²) in [6.45, 7) is 8.94. The summed E-state index contributed by atoms with van der Waals surface area (Å²) in [7, 11) is 0. The predicted octanol–water partition coefficient (Wildman–Crippen LogP) is 11.2. The molecule has 0 N–H and O–H groups in total. The Hall–Kier alpha value is -0.650. The largest absolute Gasteiger partial charge is 0.466 e. The molecule has 0 radical (unpaired) electrons. The van der Waals surface area contributed by atoms with Gasteiger partial charge in [-0.3, -0.25) is 4.79 Å². The molecule has 0 heterocycles. The molecule has 0 unspecified atom stereocenters. The molecule has 0 amide bonds. The molecular weight excluding hydrogens is 524 g/mol. The second-order valence-corrected chi connectivity index (χ2v) is 12.3. The Kier molecular flexibility index (Phi) is 37.8. The zero-order valence-corrected chi connectivity index (χ0v) is 28.6. The molecule has 0 bridgehead atoms. The maximum absolute atomic E-state index is 11.9. The highest BCUT2D eigenvalue weighted by atomic mass is 16.5. The van der Waals surface area contributed by atoms with E-state index in [1.807, 2.05) is 0 Å². The van der Waals surface area contributed by atoms with Crippen molar-refractivity contribution in [1.82, 2.24) is 0 Å². The quantitative estimate of drug-likeness (QED) is 0.0526. The van der Waals surface area contributed by atoms with E-state index in [1.54, 1.807) is 0 Å². The molecule has 252 valence electrons. The lowest BCUT2D eigenvalue weighted by atomic mass is 10.0. The Morgan fingerprint density at radius 1 is 0.333 bits per heavy atom. The van der Waals surface area contributed by atoms with Gasteiger partial charge in [0, 0.05) is 19.6 Å². The summed E-state index contributed by atoms with van der Waals surface area (Å²) in [5, 5.41) is 0. The normalized spacial score (nSPS) is 11.4. The summed E-state index contributed by atoms with van der Waals surface area (Å²) >= 11 is 0. The van der Waals surface area contributed by atoms with Gasteiger partial charge in [-0.05, 0) is 19.3 Å². The lowest BCUT2D eigenvalue weighted by Gasteiger charge is -2.07. The van der Waals surface area contributed by atoms with Crippen molar-refractivity contribution in [3.63, 3.8) is 0 Å². The average molecular weight is 599 g/mol. The van der Waals surface area contributed by atoms with Crippen LogP contribution in [0.15, 0.2) is 0 Å². The Labute approximate surface area is 262 Å². The number of esters is 1. The highest BCUT2D eigenvalue weighted by Gasteiger charge is 2.03. The lowest BCUT2D eigenvalue weighted by molar-refractivity contribution is -0.144. The molecule has 0 saturated carbocycles. The van der Waals surface area contributed by atoms with Crippen molar-refractivity contribution >= 4 is 5.97 Å². The summed E-state index contributed by atoms with van der Waals surface area (Å²) in [6, 6.07) is 0. The topological polar surface area (TPSA) is 54.0 Å². The van der Waals surface area contributed by atoms with Crippen LogP contribution in [0.1, 0.15) is 187 Å². The Morgan fingerprint density at radius 3 is 1.00 bits per heavy atom. The van der Waals surface area contributed by atoms with Crippen LogP contribution in [0, 0.1) is 0 Å². The van der Waals surface area contributed by atoms with E-state index >= 15 is 0 Å². The van der Waals surface area contributed by atoms with Crippen molar-refractivity contribution < 1.29 is 23.7 Å². The van der Waals surface area contributed by atoms with Crippen molar-refractivity contribution in [2.24, 2.45) is 0 Å². The van der Waals surface area contributed by atoms with Crippen LogP contribution in [0.2, 0.25) is 0 Å². The number of carbonyl (C=O) groups excluding carboxylic acids is 1. The fourth-order valence-corrected chi connectivity index (χ4v) is 5.28. The summed E-state index contributed by atoms with van der Waals surface area (Å²) < 4.78 is 22.1. The van der Waals surface area contributed by atoms with Crippen LogP contribution in [0.25, 0.3) is 0 Å². The van der Waals surface area contributed by atoms with Gasteiger partial charge >= 0.3 is 5.97 Å². The van der Waals surface area contributed by atoms with Gasteiger partial charge in [-0.2, -0.15) is 0 Å². The van der Waals surface area contributed by atoms with Crippen molar-refractivity contribution in [3.05, 3.63) is 0 Å². The van der Waals surface area contributed by atoms with Crippen LogP contribution in [-0.2, 0) is 23.7 Å². The van der Waals surface area contributed by atoms with Gasteiger partial charge in [0.15, 0.2) is 0 Å². The number of rotatable bonds is 37. The molecular formula is C37H74O5. The highest BCUT2D eigenvalue weighted by Crippen LogP contribution is 2.14. The van der Waals surface area contributed by atoms with Crippen LogP contribution in [0.4, 0.5) is 0 Å². The first kappa shape index (κ1) is 41.4. The van der Waals surface area contributed by atoms with Crippen LogP contribution in [0.5, 0.6) is 0 Å². The van der Waals surface area contributed by atoms with Gasteiger partial charge in [0.1, 0.15) is 0 Å². The van der Waals surface area contributed by atoms with E-state index in [0.29, 0.717) is 52.5 Å². The zero-order valence-electron chi connectivity index (χ0n) is 28.6. The molecule has 5 heteroatoms. The predicted molar refractivity (Wildman–Crippen MR) is 179 cm³/mol. The Bertz CT molecular complexity index is 499. The molecule has 0 aliphatic carbocycles. The molecule has 0 aliphatic rings. The first-order valence-corrected chi connectivity index (χ1v) is 18.7. The molecule has 0 aromatic carbocycles. The first-order valence-electron chi connectivity index (χ1n) is 18.7. The summed E-state index contributed by atoms with van der Waals surface area (Å²) in [5.41, 5.74) is 0. The molecule has 5 nitrogen and oxygen atoms in total. The molecule has 0 rings (SSSR count). The van der Waals surface area contributed by atoms with E-state index in [1.165, 1.54) is 148 Å². The first-order chi connectivity index (χ1) is 20.8. The van der Waals surface area contributed by atoms with Crippen LogP contribution < -0.4 is 0 Å². The van der Waals surface area contributed by atoms with Crippen LogP contribution in [0.3, 0.4) is 0 Å². The third-order valence-electron chi connectivity index (χ3n) is 8.07. The number of hydrogen-bond acceptors (Lipinski definition) is 5. The molecule has 0 fully saturated rings. The van der Waals surface area contributed by atoms with Gasteiger partial charge in [-0.25, -0.2) is 0 Å². The van der Waals surface area contributed by atoms with Gasteiger partial charge < -0.3 is 18.9 Å². The molecule has 0 aromatic heterocycles. The van der Waals surface area contributed by atoms with Crippen molar-refractivity contribution in [1.29, 1.82) is 0 Å². The maximum atomic E-state index is 11.9. The molecule has 0 spiro atoms. The SMILES string of the molecule is CCCCCCCCCCCCCCCCCCOC(=O)CCCOCCOCCOCCCCCCCCCCC. The number of unbranched alkanes of at least 4 members (excludes halogenated alkanes) is 23. The van der Waals surface area contributed by atoms with E-state index in [4.69, 9.17) is 18.9 Å². The molecule has 0 aliphatic heterocycles. The van der Waals surface area contributed by atoms with E-state index in [9.17, 15) is 4.79 Å². The lowest BCUT2D eigenvalue weighted by Crippen LogP contribution is -2.11. The van der Waals surface area contributed by atoms with Crippen LogP contribution >= 0.6 is 0 Å².